The van der Waals surface area contributed by atoms with E-state index in [0.717, 1.165) is 37.4 Å². The molecule has 216 valence electrons. The maximum Gasteiger partial charge on any atom is 0.253 e. The van der Waals surface area contributed by atoms with Gasteiger partial charge in [0.1, 0.15) is 18.0 Å². The lowest BCUT2D eigenvalue weighted by atomic mass is 10.1. The molecule has 3 aromatic rings. The third kappa shape index (κ3) is 6.93. The van der Waals surface area contributed by atoms with Gasteiger partial charge in [-0.25, -0.2) is 9.97 Å². The van der Waals surface area contributed by atoms with Crippen LogP contribution in [0, 0.1) is 0 Å². The molecule has 11 nitrogen and oxygen atoms in total. The number of carbonyl (C=O) groups is 2. The maximum atomic E-state index is 12.8. The molecule has 11 heteroatoms. The van der Waals surface area contributed by atoms with E-state index in [-0.39, 0.29) is 17.9 Å². The SMILES string of the molecule is C[C@H](O)C(=O)N1CCC(Oc2ccc(-c3ccnc(Nc4ccc(C(=O)N5CCN(C)CC5)cc4)n3)cc2N)CC1. The average molecular weight is 560 g/mol. The van der Waals surface area contributed by atoms with Crippen molar-refractivity contribution < 1.29 is 19.4 Å². The van der Waals surface area contributed by atoms with Gasteiger partial charge in [-0.1, -0.05) is 0 Å². The Hall–Kier alpha value is -4.22. The van der Waals surface area contributed by atoms with Crippen molar-refractivity contribution in [2.24, 2.45) is 0 Å². The highest BCUT2D eigenvalue weighted by Gasteiger charge is 2.26. The summed E-state index contributed by atoms with van der Waals surface area (Å²) in [6, 6.07) is 14.7. The number of nitrogens with one attached hydrogen (secondary N) is 1. The number of ether oxygens (including phenoxy) is 1. The van der Waals surface area contributed by atoms with Crippen molar-refractivity contribution in [2.45, 2.75) is 32.0 Å². The first-order chi connectivity index (χ1) is 19.8. The first-order valence-electron chi connectivity index (χ1n) is 14.0. The summed E-state index contributed by atoms with van der Waals surface area (Å²) in [5, 5.41) is 12.7. The van der Waals surface area contributed by atoms with Gasteiger partial charge in [-0.05, 0) is 62.5 Å². The van der Waals surface area contributed by atoms with Crippen molar-refractivity contribution >= 4 is 29.1 Å². The second-order valence-corrected chi connectivity index (χ2v) is 10.6. The Morgan fingerprint density at radius 3 is 2.37 bits per heavy atom. The van der Waals surface area contributed by atoms with Gasteiger partial charge < -0.3 is 35.6 Å². The number of likely N-dealkylation sites (tertiary alicyclic amines) is 1. The second-order valence-electron chi connectivity index (χ2n) is 10.6. The summed E-state index contributed by atoms with van der Waals surface area (Å²) in [6.45, 7) is 5.81. The molecule has 2 amide bonds. The van der Waals surface area contributed by atoms with Gasteiger partial charge in [-0.3, -0.25) is 9.59 Å². The minimum absolute atomic E-state index is 0.0461. The average Bonchev–Trinajstić information content (AvgIpc) is 2.99. The van der Waals surface area contributed by atoms with Crippen molar-refractivity contribution in [3.05, 3.63) is 60.3 Å². The third-order valence-corrected chi connectivity index (χ3v) is 7.54. The van der Waals surface area contributed by atoms with Gasteiger partial charge in [0.05, 0.1) is 11.4 Å². The number of likely N-dealkylation sites (N-methyl/N-ethyl adjacent to an activating group) is 1. The lowest BCUT2D eigenvalue weighted by Crippen LogP contribution is -2.47. The Balaban J connectivity index is 1.19. The highest BCUT2D eigenvalue weighted by atomic mass is 16.5. The summed E-state index contributed by atoms with van der Waals surface area (Å²) in [5.41, 5.74) is 9.80. The number of anilines is 3. The van der Waals surface area contributed by atoms with Gasteiger partial charge in [0, 0.05) is 75.1 Å². The van der Waals surface area contributed by atoms with E-state index in [1.807, 2.05) is 53.4 Å². The molecule has 1 atom stereocenters. The standard InChI is InChI=1S/C30H37N7O4/c1-20(38)28(39)36-13-10-24(11-14-36)41-27-8-5-22(19-25(27)31)26-9-12-32-30(34-26)33-23-6-3-21(4-7-23)29(40)37-17-15-35(2)16-18-37/h3-9,12,19-20,24,38H,10-11,13-18,31H2,1-2H3,(H,32,33,34)/t20-/m0/s1. The number of nitrogens with two attached hydrogens (primary N) is 1. The molecule has 0 radical (unpaired) electrons. The monoisotopic (exact) mass is 559 g/mol. The Bertz CT molecular complexity index is 1370. The number of hydrogen-bond donors (Lipinski definition) is 3. The van der Waals surface area contributed by atoms with Gasteiger partial charge in [-0.15, -0.1) is 0 Å². The fraction of sp³-hybridized carbons (Fsp3) is 0.400. The van der Waals surface area contributed by atoms with E-state index in [0.29, 0.717) is 54.6 Å². The molecule has 41 heavy (non-hydrogen) atoms. The van der Waals surface area contributed by atoms with Crippen LogP contribution in [0.2, 0.25) is 0 Å². The minimum atomic E-state index is -0.989. The number of amides is 2. The van der Waals surface area contributed by atoms with Crippen LogP contribution in [0.1, 0.15) is 30.1 Å². The molecule has 2 aliphatic rings. The van der Waals surface area contributed by atoms with Crippen molar-refractivity contribution in [2.75, 3.05) is 57.4 Å². The van der Waals surface area contributed by atoms with Crippen LogP contribution in [0.25, 0.3) is 11.3 Å². The molecule has 3 heterocycles. The predicted octanol–water partition coefficient (Wildman–Crippen LogP) is 2.61. The first-order valence-corrected chi connectivity index (χ1v) is 14.0. The number of aromatic nitrogens is 2. The fourth-order valence-electron chi connectivity index (χ4n) is 5.05. The Kier molecular flexibility index (Phi) is 8.65. The Labute approximate surface area is 239 Å². The summed E-state index contributed by atoms with van der Waals surface area (Å²) in [7, 11) is 2.07. The lowest BCUT2D eigenvalue weighted by molar-refractivity contribution is -0.141. The van der Waals surface area contributed by atoms with E-state index in [4.69, 9.17) is 10.5 Å². The molecule has 2 fully saturated rings. The van der Waals surface area contributed by atoms with Crippen LogP contribution >= 0.6 is 0 Å². The number of carbonyl (C=O) groups excluding carboxylic acids is 2. The highest BCUT2D eigenvalue weighted by Crippen LogP contribution is 2.30. The number of benzene rings is 2. The topological polar surface area (TPSA) is 137 Å². The van der Waals surface area contributed by atoms with E-state index in [1.54, 1.807) is 11.1 Å². The molecule has 1 aromatic heterocycles. The summed E-state index contributed by atoms with van der Waals surface area (Å²) < 4.78 is 6.14. The van der Waals surface area contributed by atoms with Gasteiger partial charge in [0.2, 0.25) is 5.95 Å². The number of nitrogens with zero attached hydrogens (tertiary/aromatic N) is 5. The van der Waals surface area contributed by atoms with E-state index in [2.05, 4.69) is 27.2 Å². The van der Waals surface area contributed by atoms with E-state index >= 15 is 0 Å². The second kappa shape index (κ2) is 12.5. The molecule has 2 aromatic carbocycles. The minimum Gasteiger partial charge on any atom is -0.488 e. The summed E-state index contributed by atoms with van der Waals surface area (Å²) in [5.74, 6) is 0.815. The quantitative estimate of drug-likeness (QED) is 0.373. The molecule has 0 bridgehead atoms. The van der Waals surface area contributed by atoms with E-state index < -0.39 is 6.10 Å². The van der Waals surface area contributed by atoms with Gasteiger partial charge in [-0.2, -0.15) is 0 Å². The molecule has 0 saturated carbocycles. The molecule has 4 N–H and O–H groups in total. The zero-order valence-electron chi connectivity index (χ0n) is 23.5. The Morgan fingerprint density at radius 1 is 1.00 bits per heavy atom. The zero-order valence-corrected chi connectivity index (χ0v) is 23.5. The molecule has 0 unspecified atom stereocenters. The number of aliphatic hydroxyl groups is 1. The fourth-order valence-corrected chi connectivity index (χ4v) is 5.05. The number of nitrogen functional groups attached to an aromatic ring is 1. The maximum absolute atomic E-state index is 12.8. The molecule has 0 spiro atoms. The molecular weight excluding hydrogens is 522 g/mol. The normalized spacial score (nSPS) is 17.2. The largest absolute Gasteiger partial charge is 0.488 e. The number of piperazine rings is 1. The van der Waals surface area contributed by atoms with Crippen LogP contribution in [0.15, 0.2) is 54.7 Å². The predicted molar refractivity (Wildman–Crippen MR) is 157 cm³/mol. The molecular formula is C30H37N7O4. The van der Waals surface area contributed by atoms with Crippen LogP contribution in [0.5, 0.6) is 5.75 Å². The molecule has 2 saturated heterocycles. The molecule has 0 aliphatic carbocycles. The summed E-state index contributed by atoms with van der Waals surface area (Å²) in [6.07, 6.45) is 1.98. The number of hydrogen-bond acceptors (Lipinski definition) is 9. The van der Waals surface area contributed by atoms with Crippen molar-refractivity contribution in [3.8, 4) is 17.0 Å². The van der Waals surface area contributed by atoms with E-state index in [9.17, 15) is 14.7 Å². The van der Waals surface area contributed by atoms with Crippen molar-refractivity contribution in [1.82, 2.24) is 24.7 Å². The van der Waals surface area contributed by atoms with Crippen LogP contribution in [-0.4, -0.2) is 100 Å². The van der Waals surface area contributed by atoms with Crippen LogP contribution in [0.3, 0.4) is 0 Å². The van der Waals surface area contributed by atoms with Crippen LogP contribution in [0.4, 0.5) is 17.3 Å². The van der Waals surface area contributed by atoms with Crippen molar-refractivity contribution in [1.29, 1.82) is 0 Å². The zero-order chi connectivity index (χ0) is 28.9. The summed E-state index contributed by atoms with van der Waals surface area (Å²) >= 11 is 0. The summed E-state index contributed by atoms with van der Waals surface area (Å²) in [4.78, 5) is 39.6. The third-order valence-electron chi connectivity index (χ3n) is 7.54. The molecule has 5 rings (SSSR count). The van der Waals surface area contributed by atoms with Gasteiger partial charge in [0.15, 0.2) is 0 Å². The van der Waals surface area contributed by atoms with Crippen molar-refractivity contribution in [3.63, 3.8) is 0 Å². The number of piperidine rings is 1. The van der Waals surface area contributed by atoms with Crippen LogP contribution in [-0.2, 0) is 4.79 Å². The number of aliphatic hydroxyl groups excluding tert-OH is 1. The van der Waals surface area contributed by atoms with Gasteiger partial charge >= 0.3 is 0 Å². The number of rotatable bonds is 7. The smallest absolute Gasteiger partial charge is 0.253 e. The molecule has 2 aliphatic heterocycles. The lowest BCUT2D eigenvalue weighted by Gasteiger charge is -2.33. The van der Waals surface area contributed by atoms with Crippen LogP contribution < -0.4 is 15.8 Å². The van der Waals surface area contributed by atoms with E-state index in [1.165, 1.54) is 6.92 Å². The van der Waals surface area contributed by atoms with Gasteiger partial charge in [0.25, 0.3) is 11.8 Å². The Morgan fingerprint density at radius 2 is 1.71 bits per heavy atom. The first kappa shape index (κ1) is 28.3. The highest BCUT2D eigenvalue weighted by molar-refractivity contribution is 5.94.